The minimum Gasteiger partial charge on any atom is -0.449 e. The molecule has 3 amide bonds. The molecule has 182 valence electrons. The first kappa shape index (κ1) is 25.2. The number of rotatable bonds is 7. The monoisotopic (exact) mass is 487 g/mol. The molecule has 9 nitrogen and oxygen atoms in total. The minimum absolute atomic E-state index is 0.0529. The van der Waals surface area contributed by atoms with Gasteiger partial charge in [0.25, 0.3) is 15.9 Å². The van der Waals surface area contributed by atoms with Crippen LogP contribution in [0.25, 0.3) is 0 Å². The van der Waals surface area contributed by atoms with Crippen molar-refractivity contribution < 1.29 is 27.5 Å². The van der Waals surface area contributed by atoms with Gasteiger partial charge in [-0.05, 0) is 63.1 Å². The summed E-state index contributed by atoms with van der Waals surface area (Å²) in [5.74, 6) is -1.50. The van der Waals surface area contributed by atoms with Crippen LogP contribution in [0.5, 0.6) is 0 Å². The molecular weight excluding hydrogens is 458 g/mol. The third kappa shape index (κ3) is 6.13. The van der Waals surface area contributed by atoms with Crippen molar-refractivity contribution in [2.24, 2.45) is 0 Å². The largest absolute Gasteiger partial charge is 0.449 e. The van der Waals surface area contributed by atoms with E-state index in [1.807, 2.05) is 6.92 Å². The number of carbonyl (C=O) groups is 3. The Morgan fingerprint density at radius 1 is 1.00 bits per heavy atom. The Labute approximate surface area is 199 Å². The Morgan fingerprint density at radius 2 is 1.59 bits per heavy atom. The van der Waals surface area contributed by atoms with Crippen LogP contribution in [0, 0.1) is 6.92 Å². The number of benzene rings is 2. The quantitative estimate of drug-likeness (QED) is 0.579. The van der Waals surface area contributed by atoms with Gasteiger partial charge in [-0.2, -0.15) is 0 Å². The molecule has 0 aliphatic heterocycles. The van der Waals surface area contributed by atoms with Gasteiger partial charge in [-0.15, -0.1) is 0 Å². The number of nitrogens with zero attached hydrogens (tertiary/aromatic N) is 1. The molecule has 1 atom stereocenters. The smallest absolute Gasteiger partial charge is 0.338 e. The van der Waals surface area contributed by atoms with E-state index in [2.05, 4.69) is 10.6 Å². The van der Waals surface area contributed by atoms with Crippen molar-refractivity contribution >= 4 is 33.6 Å². The highest BCUT2D eigenvalue weighted by Gasteiger charge is 2.24. The van der Waals surface area contributed by atoms with Gasteiger partial charge in [-0.3, -0.25) is 14.4 Å². The van der Waals surface area contributed by atoms with E-state index >= 15 is 0 Å². The molecule has 0 aromatic heterocycles. The average molecular weight is 488 g/mol. The summed E-state index contributed by atoms with van der Waals surface area (Å²) in [7, 11) is -2.34. The normalized spacial score (nSPS) is 14.8. The predicted molar refractivity (Wildman–Crippen MR) is 127 cm³/mol. The third-order valence-electron chi connectivity index (χ3n) is 5.73. The number of esters is 1. The lowest BCUT2D eigenvalue weighted by Crippen LogP contribution is -2.47. The van der Waals surface area contributed by atoms with Crippen molar-refractivity contribution in [1.82, 2.24) is 10.6 Å². The van der Waals surface area contributed by atoms with E-state index in [0.717, 1.165) is 35.6 Å². The van der Waals surface area contributed by atoms with Gasteiger partial charge in [0.05, 0.1) is 16.1 Å². The fourth-order valence-corrected chi connectivity index (χ4v) is 4.80. The van der Waals surface area contributed by atoms with E-state index in [1.54, 1.807) is 12.1 Å². The standard InChI is InChI=1S/C24H29N3O6S/c1-16-8-14-21(15-9-16)34(31,32)27(3)20-12-10-18(11-13-20)23(29)33-17(2)22(28)26-24(30)25-19-6-4-5-7-19/h8-15,17,19H,4-7H2,1-3H3,(H2,25,26,28,30). The molecule has 2 N–H and O–H groups in total. The number of hydrogen-bond acceptors (Lipinski definition) is 6. The van der Waals surface area contributed by atoms with Crippen LogP contribution < -0.4 is 14.9 Å². The minimum atomic E-state index is -3.77. The van der Waals surface area contributed by atoms with E-state index in [4.69, 9.17) is 4.74 Å². The van der Waals surface area contributed by atoms with Crippen LogP contribution in [0.2, 0.25) is 0 Å². The first-order valence-electron chi connectivity index (χ1n) is 11.1. The van der Waals surface area contributed by atoms with Crippen LogP contribution in [0.4, 0.5) is 10.5 Å². The topological polar surface area (TPSA) is 122 Å². The number of urea groups is 1. The zero-order valence-electron chi connectivity index (χ0n) is 19.4. The maximum Gasteiger partial charge on any atom is 0.338 e. The number of hydrogen-bond donors (Lipinski definition) is 2. The summed E-state index contributed by atoms with van der Waals surface area (Å²) in [6.07, 6.45) is 2.65. The van der Waals surface area contributed by atoms with Gasteiger partial charge in [0.2, 0.25) is 0 Å². The highest BCUT2D eigenvalue weighted by Crippen LogP contribution is 2.23. The van der Waals surface area contributed by atoms with Gasteiger partial charge in [0.1, 0.15) is 0 Å². The first-order chi connectivity index (χ1) is 16.1. The average Bonchev–Trinajstić information content (AvgIpc) is 3.31. The number of sulfonamides is 1. The van der Waals surface area contributed by atoms with Crippen molar-refractivity contribution in [3.8, 4) is 0 Å². The summed E-state index contributed by atoms with van der Waals surface area (Å²) >= 11 is 0. The molecule has 2 aromatic carbocycles. The number of aryl methyl sites for hydroxylation is 1. The van der Waals surface area contributed by atoms with Gasteiger partial charge < -0.3 is 10.1 Å². The summed E-state index contributed by atoms with van der Waals surface area (Å²) < 4.78 is 31.9. The van der Waals surface area contributed by atoms with Gasteiger partial charge >= 0.3 is 12.0 Å². The second-order valence-corrected chi connectivity index (χ2v) is 10.3. The maximum absolute atomic E-state index is 12.8. The van der Waals surface area contributed by atoms with E-state index in [9.17, 15) is 22.8 Å². The van der Waals surface area contributed by atoms with E-state index in [-0.39, 0.29) is 16.5 Å². The molecule has 34 heavy (non-hydrogen) atoms. The summed E-state index contributed by atoms with van der Waals surface area (Å²) in [5.41, 5.74) is 1.44. The van der Waals surface area contributed by atoms with Crippen LogP contribution in [-0.4, -0.2) is 45.5 Å². The van der Waals surface area contributed by atoms with Crippen LogP contribution in [0.15, 0.2) is 53.4 Å². The summed E-state index contributed by atoms with van der Waals surface area (Å²) in [5, 5.41) is 4.91. The number of anilines is 1. The summed E-state index contributed by atoms with van der Waals surface area (Å²) in [6.45, 7) is 3.24. The molecule has 0 spiro atoms. The zero-order chi connectivity index (χ0) is 24.9. The Bertz CT molecular complexity index is 1140. The second kappa shape index (κ2) is 10.7. The highest BCUT2D eigenvalue weighted by molar-refractivity contribution is 7.92. The molecule has 2 aromatic rings. The maximum atomic E-state index is 12.8. The third-order valence-corrected chi connectivity index (χ3v) is 7.53. The van der Waals surface area contributed by atoms with Gasteiger partial charge in [0, 0.05) is 13.1 Å². The Kier molecular flexibility index (Phi) is 7.93. The van der Waals surface area contributed by atoms with Gasteiger partial charge in [-0.1, -0.05) is 30.5 Å². The lowest BCUT2D eigenvalue weighted by molar-refractivity contribution is -0.127. The number of nitrogens with one attached hydrogen (secondary N) is 2. The van der Waals surface area contributed by atoms with Gasteiger partial charge in [-0.25, -0.2) is 18.0 Å². The second-order valence-electron chi connectivity index (χ2n) is 8.32. The van der Waals surface area contributed by atoms with Crippen LogP contribution in [0.3, 0.4) is 0 Å². The number of carbonyl (C=O) groups excluding carboxylic acids is 3. The van der Waals surface area contributed by atoms with Crippen molar-refractivity contribution in [3.63, 3.8) is 0 Å². The molecule has 0 radical (unpaired) electrons. The molecule has 1 unspecified atom stereocenters. The molecule has 0 bridgehead atoms. The fraction of sp³-hybridized carbons (Fsp3) is 0.375. The molecule has 1 aliphatic rings. The van der Waals surface area contributed by atoms with Gasteiger partial charge in [0.15, 0.2) is 6.10 Å². The SMILES string of the molecule is Cc1ccc(S(=O)(=O)N(C)c2ccc(C(=O)OC(C)C(=O)NC(=O)NC3CCCC3)cc2)cc1. The Morgan fingerprint density at radius 3 is 2.18 bits per heavy atom. The van der Waals surface area contributed by atoms with E-state index in [0.29, 0.717) is 5.69 Å². The van der Waals surface area contributed by atoms with E-state index < -0.39 is 34.0 Å². The molecule has 0 heterocycles. The predicted octanol–water partition coefficient (Wildman–Crippen LogP) is 3.13. The van der Waals surface area contributed by atoms with Crippen LogP contribution in [0.1, 0.15) is 48.5 Å². The summed E-state index contributed by atoms with van der Waals surface area (Å²) in [6, 6.07) is 11.7. The molecular formula is C24H29N3O6S. The van der Waals surface area contributed by atoms with Crippen molar-refractivity contribution in [3.05, 3.63) is 59.7 Å². The van der Waals surface area contributed by atoms with Crippen LogP contribution in [-0.2, 0) is 19.6 Å². The Balaban J connectivity index is 1.58. The number of ether oxygens (including phenoxy) is 1. The molecule has 1 aliphatic carbocycles. The molecule has 1 saturated carbocycles. The molecule has 3 rings (SSSR count). The Hall–Kier alpha value is -3.40. The lowest BCUT2D eigenvalue weighted by Gasteiger charge is -2.20. The van der Waals surface area contributed by atoms with Crippen molar-refractivity contribution in [2.45, 2.75) is 56.6 Å². The number of imide groups is 1. The molecule has 1 fully saturated rings. The lowest BCUT2D eigenvalue weighted by atomic mass is 10.2. The van der Waals surface area contributed by atoms with Crippen molar-refractivity contribution in [1.29, 1.82) is 0 Å². The molecule has 10 heteroatoms. The number of amides is 3. The highest BCUT2D eigenvalue weighted by atomic mass is 32.2. The fourth-order valence-electron chi connectivity index (χ4n) is 3.60. The van der Waals surface area contributed by atoms with E-state index in [1.165, 1.54) is 50.4 Å². The van der Waals surface area contributed by atoms with Crippen LogP contribution >= 0.6 is 0 Å². The zero-order valence-corrected chi connectivity index (χ0v) is 20.2. The molecule has 0 saturated heterocycles. The van der Waals surface area contributed by atoms with Crippen molar-refractivity contribution in [2.75, 3.05) is 11.4 Å². The summed E-state index contributed by atoms with van der Waals surface area (Å²) in [4.78, 5) is 36.7. The first-order valence-corrected chi connectivity index (χ1v) is 12.5.